The standard InChI is InChI=1S/C24H23N5O3/c1-2-19-16-22(29-21(26-19)13-14-25-29)27-28(23(30)18-11-7-4-8-12-18)20(24(31)32)15-17-9-5-3-6-10-17/h3-14,16,20,27H,2,15H2,1H3,(H,31,32). The number of carbonyl (C=O) groups is 2. The Morgan fingerprint density at radius 1 is 1.06 bits per heavy atom. The molecule has 8 heteroatoms. The Labute approximate surface area is 185 Å². The van der Waals surface area contributed by atoms with E-state index in [-0.39, 0.29) is 6.42 Å². The summed E-state index contributed by atoms with van der Waals surface area (Å²) in [6.07, 6.45) is 2.42. The lowest BCUT2D eigenvalue weighted by Gasteiger charge is -2.30. The molecule has 2 N–H and O–H groups in total. The van der Waals surface area contributed by atoms with Crippen molar-refractivity contribution in [3.63, 3.8) is 0 Å². The van der Waals surface area contributed by atoms with Crippen molar-refractivity contribution in [3.05, 3.63) is 95.8 Å². The fourth-order valence-electron chi connectivity index (χ4n) is 3.47. The number of carboxylic acid groups (broad SMARTS) is 1. The van der Waals surface area contributed by atoms with Gasteiger partial charge in [-0.3, -0.25) is 10.2 Å². The van der Waals surface area contributed by atoms with E-state index < -0.39 is 17.9 Å². The van der Waals surface area contributed by atoms with E-state index in [9.17, 15) is 14.7 Å². The first-order chi connectivity index (χ1) is 15.6. The third-order valence-corrected chi connectivity index (χ3v) is 5.12. The van der Waals surface area contributed by atoms with Crippen molar-refractivity contribution in [2.24, 2.45) is 0 Å². The van der Waals surface area contributed by atoms with Crippen LogP contribution in [0.4, 0.5) is 5.82 Å². The van der Waals surface area contributed by atoms with Crippen LogP contribution in [0.25, 0.3) is 5.65 Å². The normalized spacial score (nSPS) is 11.8. The van der Waals surface area contributed by atoms with E-state index >= 15 is 0 Å². The fourth-order valence-corrected chi connectivity index (χ4v) is 3.47. The molecule has 0 saturated carbocycles. The zero-order valence-electron chi connectivity index (χ0n) is 17.5. The van der Waals surface area contributed by atoms with E-state index in [0.717, 1.165) is 11.3 Å². The van der Waals surface area contributed by atoms with Gasteiger partial charge in [0.1, 0.15) is 0 Å². The number of anilines is 1. The summed E-state index contributed by atoms with van der Waals surface area (Å²) in [6, 6.07) is 20.2. The lowest BCUT2D eigenvalue weighted by Crippen LogP contribution is -2.50. The molecular weight excluding hydrogens is 406 g/mol. The first kappa shape index (κ1) is 21.0. The van der Waals surface area contributed by atoms with Gasteiger partial charge in [0.2, 0.25) is 0 Å². The number of carboxylic acids is 1. The molecule has 32 heavy (non-hydrogen) atoms. The number of aromatic nitrogens is 3. The third kappa shape index (κ3) is 4.44. The van der Waals surface area contributed by atoms with Crippen molar-refractivity contribution >= 4 is 23.3 Å². The van der Waals surface area contributed by atoms with Gasteiger partial charge in [-0.05, 0) is 24.1 Å². The highest BCUT2D eigenvalue weighted by molar-refractivity contribution is 5.97. The van der Waals surface area contributed by atoms with E-state index in [2.05, 4.69) is 15.5 Å². The number of nitrogens with zero attached hydrogens (tertiary/aromatic N) is 4. The van der Waals surface area contributed by atoms with Gasteiger partial charge in [-0.15, -0.1) is 0 Å². The molecular formula is C24H23N5O3. The van der Waals surface area contributed by atoms with Crippen LogP contribution in [0.1, 0.15) is 28.5 Å². The summed E-state index contributed by atoms with van der Waals surface area (Å²) in [7, 11) is 0. The maximum absolute atomic E-state index is 13.5. The Balaban J connectivity index is 1.78. The highest BCUT2D eigenvalue weighted by Crippen LogP contribution is 2.19. The molecule has 1 amide bonds. The Kier molecular flexibility index (Phi) is 6.12. The van der Waals surface area contributed by atoms with Crippen LogP contribution in [0.3, 0.4) is 0 Å². The van der Waals surface area contributed by atoms with Crippen LogP contribution in [-0.4, -0.2) is 42.6 Å². The molecule has 2 aromatic heterocycles. The quantitative estimate of drug-likeness (QED) is 0.416. The second-order valence-corrected chi connectivity index (χ2v) is 7.28. The summed E-state index contributed by atoms with van der Waals surface area (Å²) in [5, 5.41) is 15.5. The average Bonchev–Trinajstić information content (AvgIpc) is 3.30. The predicted octanol–water partition coefficient (Wildman–Crippen LogP) is 3.46. The number of nitrogens with one attached hydrogen (secondary N) is 1. The van der Waals surface area contributed by atoms with E-state index in [4.69, 9.17) is 0 Å². The first-order valence-corrected chi connectivity index (χ1v) is 10.3. The van der Waals surface area contributed by atoms with Crippen LogP contribution < -0.4 is 5.43 Å². The largest absolute Gasteiger partial charge is 0.480 e. The minimum absolute atomic E-state index is 0.135. The summed E-state index contributed by atoms with van der Waals surface area (Å²) < 4.78 is 1.55. The smallest absolute Gasteiger partial charge is 0.328 e. The van der Waals surface area contributed by atoms with Crippen molar-refractivity contribution in [1.29, 1.82) is 0 Å². The second-order valence-electron chi connectivity index (χ2n) is 7.28. The van der Waals surface area contributed by atoms with Crippen LogP contribution in [0.2, 0.25) is 0 Å². The molecule has 2 aromatic carbocycles. The summed E-state index contributed by atoms with van der Waals surface area (Å²) in [6.45, 7) is 1.97. The summed E-state index contributed by atoms with van der Waals surface area (Å²) in [5.41, 5.74) is 5.63. The zero-order chi connectivity index (χ0) is 22.5. The van der Waals surface area contributed by atoms with E-state index in [0.29, 0.717) is 23.4 Å². The number of hydrazine groups is 1. The van der Waals surface area contributed by atoms with Gasteiger partial charge in [-0.25, -0.2) is 14.8 Å². The molecule has 0 saturated heterocycles. The van der Waals surface area contributed by atoms with Crippen LogP contribution in [0.5, 0.6) is 0 Å². The Bertz CT molecular complexity index is 1220. The average molecular weight is 429 g/mol. The van der Waals surface area contributed by atoms with Gasteiger partial charge in [0.25, 0.3) is 5.91 Å². The van der Waals surface area contributed by atoms with Crippen LogP contribution >= 0.6 is 0 Å². The highest BCUT2D eigenvalue weighted by Gasteiger charge is 2.32. The molecule has 1 atom stereocenters. The van der Waals surface area contributed by atoms with Crippen molar-refractivity contribution in [2.75, 3.05) is 5.43 Å². The SMILES string of the molecule is CCc1cc(NN(C(=O)c2ccccc2)C(Cc2ccccc2)C(=O)O)n2nccc2n1. The van der Waals surface area contributed by atoms with Gasteiger partial charge < -0.3 is 5.11 Å². The molecule has 2 heterocycles. The zero-order valence-corrected chi connectivity index (χ0v) is 17.5. The molecule has 8 nitrogen and oxygen atoms in total. The molecule has 0 fully saturated rings. The van der Waals surface area contributed by atoms with Crippen molar-refractivity contribution < 1.29 is 14.7 Å². The minimum atomic E-state index is -1.16. The molecule has 4 aromatic rings. The van der Waals surface area contributed by atoms with Crippen LogP contribution in [0, 0.1) is 0 Å². The van der Waals surface area contributed by atoms with Gasteiger partial charge in [0.15, 0.2) is 17.5 Å². The topological polar surface area (TPSA) is 99.8 Å². The highest BCUT2D eigenvalue weighted by atomic mass is 16.4. The lowest BCUT2D eigenvalue weighted by molar-refractivity contribution is -0.141. The van der Waals surface area contributed by atoms with Crippen molar-refractivity contribution in [2.45, 2.75) is 25.8 Å². The maximum atomic E-state index is 13.5. The number of hydrogen-bond donors (Lipinski definition) is 2. The molecule has 0 bridgehead atoms. The molecule has 162 valence electrons. The van der Waals surface area contributed by atoms with E-state index in [1.54, 1.807) is 53.2 Å². The van der Waals surface area contributed by atoms with Crippen LogP contribution in [0.15, 0.2) is 79.0 Å². The molecule has 1 unspecified atom stereocenters. The van der Waals surface area contributed by atoms with Crippen molar-refractivity contribution in [1.82, 2.24) is 19.6 Å². The number of fused-ring (bicyclic) bond motifs is 1. The Morgan fingerprint density at radius 2 is 1.75 bits per heavy atom. The summed E-state index contributed by atoms with van der Waals surface area (Å²) in [5.74, 6) is -1.11. The molecule has 0 aliphatic heterocycles. The third-order valence-electron chi connectivity index (χ3n) is 5.12. The summed E-state index contributed by atoms with van der Waals surface area (Å²) >= 11 is 0. The number of hydrogen-bond acceptors (Lipinski definition) is 5. The van der Waals surface area contributed by atoms with Gasteiger partial charge in [0, 0.05) is 29.8 Å². The van der Waals surface area contributed by atoms with Gasteiger partial charge in [-0.1, -0.05) is 55.5 Å². The summed E-state index contributed by atoms with van der Waals surface area (Å²) in [4.78, 5) is 30.3. The number of rotatable bonds is 8. The number of amides is 1. The molecule has 0 radical (unpaired) electrons. The number of benzene rings is 2. The second kappa shape index (κ2) is 9.30. The molecule has 0 aliphatic carbocycles. The van der Waals surface area contributed by atoms with Crippen LogP contribution in [-0.2, 0) is 17.6 Å². The van der Waals surface area contributed by atoms with E-state index in [1.165, 1.54) is 5.01 Å². The fraction of sp³-hybridized carbons (Fsp3) is 0.167. The minimum Gasteiger partial charge on any atom is -0.480 e. The monoisotopic (exact) mass is 429 g/mol. The molecule has 0 spiro atoms. The first-order valence-electron chi connectivity index (χ1n) is 10.3. The predicted molar refractivity (Wildman–Crippen MR) is 120 cm³/mol. The number of carbonyl (C=O) groups excluding carboxylic acids is 1. The number of aryl methyl sites for hydroxylation is 1. The van der Waals surface area contributed by atoms with Gasteiger partial charge >= 0.3 is 5.97 Å². The Hall–Kier alpha value is -4.20. The lowest BCUT2D eigenvalue weighted by atomic mass is 10.0. The molecule has 4 rings (SSSR count). The van der Waals surface area contributed by atoms with Gasteiger partial charge in [-0.2, -0.15) is 9.61 Å². The molecule has 0 aliphatic rings. The van der Waals surface area contributed by atoms with Crippen molar-refractivity contribution in [3.8, 4) is 0 Å². The number of aliphatic carboxylic acids is 1. The van der Waals surface area contributed by atoms with E-state index in [1.807, 2.05) is 37.3 Å². The maximum Gasteiger partial charge on any atom is 0.328 e. The Morgan fingerprint density at radius 3 is 2.41 bits per heavy atom. The van der Waals surface area contributed by atoms with Gasteiger partial charge in [0.05, 0.1) is 6.20 Å².